The Morgan fingerprint density at radius 2 is 1.89 bits per heavy atom. The van der Waals surface area contributed by atoms with Crippen LogP contribution in [0.25, 0.3) is 0 Å². The first kappa shape index (κ1) is 18.8. The molecule has 2 aromatic rings. The molecular formula is C20H26N6O. The van der Waals surface area contributed by atoms with Gasteiger partial charge in [0, 0.05) is 37.7 Å². The van der Waals surface area contributed by atoms with Gasteiger partial charge in [-0.05, 0) is 50.3 Å². The molecule has 1 aromatic carbocycles. The molecule has 1 saturated heterocycles. The molecule has 27 heavy (non-hydrogen) atoms. The van der Waals surface area contributed by atoms with Crippen molar-refractivity contribution in [2.24, 2.45) is 4.99 Å². The highest BCUT2D eigenvalue weighted by molar-refractivity contribution is 6.03. The van der Waals surface area contributed by atoms with Crippen LogP contribution in [0.2, 0.25) is 0 Å². The van der Waals surface area contributed by atoms with Crippen LogP contribution in [0.3, 0.4) is 0 Å². The van der Waals surface area contributed by atoms with E-state index in [1.54, 1.807) is 13.2 Å². The molecule has 0 unspecified atom stereocenters. The Balaban J connectivity index is 1.66. The highest BCUT2D eigenvalue weighted by Gasteiger charge is 2.11. The van der Waals surface area contributed by atoms with E-state index in [1.807, 2.05) is 38.1 Å². The van der Waals surface area contributed by atoms with Gasteiger partial charge >= 0.3 is 0 Å². The van der Waals surface area contributed by atoms with Gasteiger partial charge in [0.2, 0.25) is 5.95 Å². The molecule has 1 aromatic heterocycles. The molecule has 0 spiro atoms. The van der Waals surface area contributed by atoms with Crippen LogP contribution in [0.4, 0.5) is 23.1 Å². The molecular weight excluding hydrogens is 340 g/mol. The Morgan fingerprint density at radius 1 is 1.15 bits per heavy atom. The molecule has 0 amide bonds. The molecule has 0 atom stereocenters. The summed E-state index contributed by atoms with van der Waals surface area (Å²) in [7, 11) is 1.75. The molecule has 0 radical (unpaired) electrons. The van der Waals surface area contributed by atoms with E-state index in [9.17, 15) is 0 Å². The summed E-state index contributed by atoms with van der Waals surface area (Å²) in [6.07, 6.45) is 3.69. The van der Waals surface area contributed by atoms with Crippen molar-refractivity contribution in [3.63, 3.8) is 0 Å². The first-order chi connectivity index (χ1) is 13.1. The number of hydrogen-bond acceptors (Lipinski definition) is 6. The van der Waals surface area contributed by atoms with Gasteiger partial charge in [-0.15, -0.1) is 0 Å². The van der Waals surface area contributed by atoms with E-state index < -0.39 is 0 Å². The maximum absolute atomic E-state index is 5.40. The van der Waals surface area contributed by atoms with Gasteiger partial charge in [0.1, 0.15) is 11.7 Å². The van der Waals surface area contributed by atoms with E-state index >= 15 is 0 Å². The quantitative estimate of drug-likeness (QED) is 0.623. The fourth-order valence-electron chi connectivity index (χ4n) is 2.76. The number of nitrogens with one attached hydrogen (secondary N) is 2. The minimum atomic E-state index is 0.534. The van der Waals surface area contributed by atoms with Gasteiger partial charge in [-0.1, -0.05) is 5.57 Å². The number of hydrogen-bond donors (Lipinski definition) is 2. The fourth-order valence-corrected chi connectivity index (χ4v) is 2.76. The van der Waals surface area contributed by atoms with E-state index in [2.05, 4.69) is 42.6 Å². The molecule has 1 aliphatic rings. The molecule has 1 fully saturated rings. The topological polar surface area (TPSA) is 74.7 Å². The molecule has 7 heteroatoms. The molecule has 0 bridgehead atoms. The first-order valence-corrected chi connectivity index (χ1v) is 9.05. The number of rotatable bonds is 5. The van der Waals surface area contributed by atoms with Crippen LogP contribution in [-0.2, 0) is 4.74 Å². The predicted molar refractivity (Wildman–Crippen MR) is 111 cm³/mol. The number of amidine groups is 1. The van der Waals surface area contributed by atoms with Gasteiger partial charge in [-0.3, -0.25) is 4.99 Å². The van der Waals surface area contributed by atoms with Crippen LogP contribution >= 0.6 is 0 Å². The third kappa shape index (κ3) is 5.52. The van der Waals surface area contributed by atoms with Gasteiger partial charge in [0.15, 0.2) is 0 Å². The lowest BCUT2D eigenvalue weighted by Crippen LogP contribution is -2.36. The van der Waals surface area contributed by atoms with Crippen molar-refractivity contribution in [3.8, 4) is 0 Å². The Morgan fingerprint density at radius 3 is 2.56 bits per heavy atom. The number of ether oxygens (including phenoxy) is 1. The van der Waals surface area contributed by atoms with Gasteiger partial charge in [-0.25, -0.2) is 4.98 Å². The van der Waals surface area contributed by atoms with Crippen molar-refractivity contribution < 1.29 is 4.74 Å². The number of anilines is 4. The van der Waals surface area contributed by atoms with Gasteiger partial charge in [0.05, 0.1) is 13.2 Å². The minimum Gasteiger partial charge on any atom is -0.378 e. The zero-order valence-corrected chi connectivity index (χ0v) is 16.1. The smallest absolute Gasteiger partial charge is 0.229 e. The van der Waals surface area contributed by atoms with E-state index in [1.165, 1.54) is 5.69 Å². The van der Waals surface area contributed by atoms with Crippen molar-refractivity contribution in [2.45, 2.75) is 13.8 Å². The first-order valence-electron chi connectivity index (χ1n) is 9.05. The second-order valence-electron chi connectivity index (χ2n) is 6.49. The van der Waals surface area contributed by atoms with Crippen molar-refractivity contribution in [3.05, 3.63) is 48.2 Å². The van der Waals surface area contributed by atoms with Crippen LogP contribution in [0, 0.1) is 0 Å². The molecule has 0 aliphatic carbocycles. The van der Waals surface area contributed by atoms with Crippen LogP contribution in [0.1, 0.15) is 13.8 Å². The Labute approximate surface area is 160 Å². The summed E-state index contributed by atoms with van der Waals surface area (Å²) in [5.41, 5.74) is 3.31. The molecule has 3 rings (SSSR count). The van der Waals surface area contributed by atoms with Crippen LogP contribution in [0.5, 0.6) is 0 Å². The number of aliphatic imine (C=N–C) groups is 1. The summed E-state index contributed by atoms with van der Waals surface area (Å²) in [5.74, 6) is 1.98. The third-order valence-corrected chi connectivity index (χ3v) is 4.08. The summed E-state index contributed by atoms with van der Waals surface area (Å²) >= 11 is 0. The van der Waals surface area contributed by atoms with E-state index in [-0.39, 0.29) is 0 Å². The van der Waals surface area contributed by atoms with Crippen LogP contribution in [0.15, 0.2) is 53.2 Å². The average Bonchev–Trinajstić information content (AvgIpc) is 2.69. The SMILES string of the molecule is C/N=C(\C=C(C)C)Nc1ccnc(Nc2ccc(N3CCOCC3)cc2)n1. The standard InChI is InChI=1S/C20H26N6O/c1-15(2)14-19(21-3)24-18-8-9-22-20(25-18)23-16-4-6-17(7-5-16)26-10-12-27-13-11-26/h4-9,14H,10-13H2,1-3H3,(H2,21,22,23,24,25). The number of aromatic nitrogens is 2. The Kier molecular flexibility index (Phi) is 6.38. The zero-order valence-electron chi connectivity index (χ0n) is 16.1. The van der Waals surface area contributed by atoms with Crippen LogP contribution < -0.4 is 15.5 Å². The maximum atomic E-state index is 5.40. The minimum absolute atomic E-state index is 0.534. The normalized spacial score (nSPS) is 14.6. The third-order valence-electron chi connectivity index (χ3n) is 4.08. The van der Waals surface area contributed by atoms with Gasteiger partial charge in [-0.2, -0.15) is 4.98 Å². The number of benzene rings is 1. The highest BCUT2D eigenvalue weighted by atomic mass is 16.5. The Hall–Kier alpha value is -2.93. The fraction of sp³-hybridized carbons (Fsp3) is 0.350. The Bertz CT molecular complexity index is 805. The largest absolute Gasteiger partial charge is 0.378 e. The van der Waals surface area contributed by atoms with Crippen molar-refractivity contribution in [1.82, 2.24) is 9.97 Å². The van der Waals surface area contributed by atoms with Gasteiger partial charge in [0.25, 0.3) is 0 Å². The second kappa shape index (κ2) is 9.14. The summed E-state index contributed by atoms with van der Waals surface area (Å²) in [4.78, 5) is 15.4. The molecule has 142 valence electrons. The lowest BCUT2D eigenvalue weighted by molar-refractivity contribution is 0.122. The van der Waals surface area contributed by atoms with Crippen molar-refractivity contribution in [1.29, 1.82) is 0 Å². The van der Waals surface area contributed by atoms with Gasteiger partial charge < -0.3 is 20.3 Å². The molecule has 0 saturated carbocycles. The predicted octanol–water partition coefficient (Wildman–Crippen LogP) is 3.46. The second-order valence-corrected chi connectivity index (χ2v) is 6.49. The van der Waals surface area contributed by atoms with E-state index in [4.69, 9.17) is 4.74 Å². The summed E-state index contributed by atoms with van der Waals surface area (Å²) in [5, 5.41) is 6.45. The molecule has 1 aliphatic heterocycles. The summed E-state index contributed by atoms with van der Waals surface area (Å²) in [6.45, 7) is 7.47. The monoisotopic (exact) mass is 366 g/mol. The molecule has 2 heterocycles. The maximum Gasteiger partial charge on any atom is 0.229 e. The van der Waals surface area contributed by atoms with E-state index in [0.717, 1.165) is 43.4 Å². The lowest BCUT2D eigenvalue weighted by atomic mass is 10.2. The highest BCUT2D eigenvalue weighted by Crippen LogP contribution is 2.21. The number of allylic oxidation sites excluding steroid dienone is 1. The van der Waals surface area contributed by atoms with Crippen molar-refractivity contribution >= 4 is 29.0 Å². The molecule has 7 nitrogen and oxygen atoms in total. The van der Waals surface area contributed by atoms with Crippen LogP contribution in [-0.4, -0.2) is 49.2 Å². The number of morpholine rings is 1. The summed E-state index contributed by atoms with van der Waals surface area (Å²) < 4.78 is 5.40. The average molecular weight is 366 g/mol. The lowest BCUT2D eigenvalue weighted by Gasteiger charge is -2.28. The van der Waals surface area contributed by atoms with Crippen molar-refractivity contribution in [2.75, 3.05) is 48.9 Å². The molecule has 2 N–H and O–H groups in total. The number of nitrogens with zero attached hydrogens (tertiary/aromatic N) is 4. The zero-order chi connectivity index (χ0) is 19.1. The summed E-state index contributed by atoms with van der Waals surface area (Å²) in [6, 6.07) is 10.1. The van der Waals surface area contributed by atoms with E-state index in [0.29, 0.717) is 11.8 Å².